The van der Waals surface area contributed by atoms with E-state index in [1.54, 1.807) is 17.4 Å². The number of carbonyl (C=O) groups excluding carboxylic acids is 1. The number of nitrogens with one attached hydrogen (secondary N) is 1. The number of halogens is 3. The van der Waals surface area contributed by atoms with Crippen molar-refractivity contribution in [2.75, 3.05) is 6.54 Å². The van der Waals surface area contributed by atoms with Gasteiger partial charge in [-0.25, -0.2) is 0 Å². The summed E-state index contributed by atoms with van der Waals surface area (Å²) in [6.45, 7) is -0.0914. The molecule has 1 heterocycles. The Morgan fingerprint density at radius 1 is 1.50 bits per heavy atom. The highest BCUT2D eigenvalue weighted by atomic mass is 19.4. The Bertz CT molecular complexity index is 292. The third kappa shape index (κ3) is 3.12. The lowest BCUT2D eigenvalue weighted by Crippen LogP contribution is -2.37. The Morgan fingerprint density at radius 2 is 2.21 bits per heavy atom. The van der Waals surface area contributed by atoms with Crippen molar-refractivity contribution >= 4 is 5.91 Å². The highest BCUT2D eigenvalue weighted by Crippen LogP contribution is 2.13. The Kier molecular flexibility index (Phi) is 3.16. The van der Waals surface area contributed by atoms with Crippen LogP contribution in [0.1, 0.15) is 5.76 Å². The molecule has 0 saturated carbocycles. The van der Waals surface area contributed by atoms with Crippen molar-refractivity contribution in [1.82, 2.24) is 5.32 Å². The largest absolute Gasteiger partial charge is 0.471 e. The molecule has 0 atom stereocenters. The van der Waals surface area contributed by atoms with Gasteiger partial charge in [0.1, 0.15) is 5.76 Å². The first-order chi connectivity index (χ1) is 6.50. The summed E-state index contributed by atoms with van der Waals surface area (Å²) in [6.07, 6.45) is -3.15. The van der Waals surface area contributed by atoms with E-state index < -0.39 is 12.1 Å². The summed E-state index contributed by atoms with van der Waals surface area (Å²) in [6, 6.07) is 3.25. The molecule has 1 amide bonds. The van der Waals surface area contributed by atoms with Crippen LogP contribution in [0, 0.1) is 0 Å². The molecule has 1 rings (SSSR count). The van der Waals surface area contributed by atoms with Crippen LogP contribution in [0.25, 0.3) is 0 Å². The molecule has 6 heteroatoms. The smallest absolute Gasteiger partial charge is 0.469 e. The van der Waals surface area contributed by atoms with Crippen LogP contribution < -0.4 is 5.32 Å². The maximum atomic E-state index is 11.7. The lowest BCUT2D eigenvalue weighted by Gasteiger charge is -2.06. The minimum Gasteiger partial charge on any atom is -0.469 e. The van der Waals surface area contributed by atoms with Crippen LogP contribution in [-0.2, 0) is 11.2 Å². The molecule has 0 bridgehead atoms. The van der Waals surface area contributed by atoms with E-state index in [0.29, 0.717) is 5.76 Å². The topological polar surface area (TPSA) is 42.2 Å². The van der Waals surface area contributed by atoms with Crippen LogP contribution in [0.3, 0.4) is 0 Å². The zero-order valence-corrected chi connectivity index (χ0v) is 7.10. The van der Waals surface area contributed by atoms with Gasteiger partial charge in [-0.3, -0.25) is 4.79 Å². The summed E-state index contributed by atoms with van der Waals surface area (Å²) in [5.74, 6) is -1.39. The standard InChI is InChI=1S/C8H8F3NO2/c9-8(10,11)7(13)12-4-3-6-2-1-5-14-6/h1-2,5H,3-4H2,(H,12,13). The van der Waals surface area contributed by atoms with E-state index in [-0.39, 0.29) is 13.0 Å². The van der Waals surface area contributed by atoms with Gasteiger partial charge in [0.25, 0.3) is 0 Å². The zero-order chi connectivity index (χ0) is 10.6. The number of alkyl halides is 3. The zero-order valence-electron chi connectivity index (χ0n) is 7.10. The van der Waals surface area contributed by atoms with E-state index in [9.17, 15) is 18.0 Å². The van der Waals surface area contributed by atoms with Gasteiger partial charge in [-0.1, -0.05) is 0 Å². The molecular weight excluding hydrogens is 199 g/mol. The van der Waals surface area contributed by atoms with E-state index in [2.05, 4.69) is 0 Å². The van der Waals surface area contributed by atoms with Crippen molar-refractivity contribution in [2.45, 2.75) is 12.6 Å². The maximum absolute atomic E-state index is 11.7. The highest BCUT2D eigenvalue weighted by molar-refractivity contribution is 5.81. The molecule has 0 aromatic carbocycles. The lowest BCUT2D eigenvalue weighted by atomic mass is 10.3. The summed E-state index contributed by atoms with van der Waals surface area (Å²) in [4.78, 5) is 10.3. The second-order valence-electron chi connectivity index (χ2n) is 2.58. The molecule has 1 aromatic rings. The molecule has 0 saturated heterocycles. The number of furan rings is 1. The van der Waals surface area contributed by atoms with Gasteiger partial charge in [0.2, 0.25) is 0 Å². The quantitative estimate of drug-likeness (QED) is 0.816. The van der Waals surface area contributed by atoms with E-state index in [1.807, 2.05) is 0 Å². The number of hydrogen-bond acceptors (Lipinski definition) is 2. The Balaban J connectivity index is 2.26. The van der Waals surface area contributed by atoms with Crippen molar-refractivity contribution in [3.8, 4) is 0 Å². The van der Waals surface area contributed by atoms with Gasteiger partial charge in [0, 0.05) is 13.0 Å². The van der Waals surface area contributed by atoms with Crippen LogP contribution in [-0.4, -0.2) is 18.6 Å². The molecule has 0 aliphatic rings. The van der Waals surface area contributed by atoms with Crippen molar-refractivity contribution in [3.05, 3.63) is 24.2 Å². The second kappa shape index (κ2) is 4.17. The molecule has 3 nitrogen and oxygen atoms in total. The molecule has 1 aromatic heterocycles. The SMILES string of the molecule is O=C(NCCc1ccco1)C(F)(F)F. The molecular formula is C8H8F3NO2. The average Bonchev–Trinajstić information content (AvgIpc) is 2.55. The Morgan fingerprint density at radius 3 is 2.71 bits per heavy atom. The fraction of sp³-hybridized carbons (Fsp3) is 0.375. The first-order valence-corrected chi connectivity index (χ1v) is 3.87. The predicted molar refractivity (Wildman–Crippen MR) is 41.5 cm³/mol. The summed E-state index contributed by atoms with van der Waals surface area (Å²) < 4.78 is 39.9. The van der Waals surface area contributed by atoms with Crippen molar-refractivity contribution in [2.24, 2.45) is 0 Å². The van der Waals surface area contributed by atoms with Gasteiger partial charge in [-0.15, -0.1) is 0 Å². The molecule has 78 valence electrons. The second-order valence-corrected chi connectivity index (χ2v) is 2.58. The molecule has 0 radical (unpaired) electrons. The number of carbonyl (C=O) groups is 1. The minimum atomic E-state index is -4.82. The molecule has 0 aliphatic heterocycles. The molecule has 0 fully saturated rings. The first kappa shape index (κ1) is 10.6. The van der Waals surface area contributed by atoms with Gasteiger partial charge >= 0.3 is 12.1 Å². The van der Waals surface area contributed by atoms with Crippen molar-refractivity contribution in [3.63, 3.8) is 0 Å². The highest BCUT2D eigenvalue weighted by Gasteiger charge is 2.38. The predicted octanol–water partition coefficient (Wildman–Crippen LogP) is 1.50. The first-order valence-electron chi connectivity index (χ1n) is 3.87. The van der Waals surface area contributed by atoms with E-state index >= 15 is 0 Å². The lowest BCUT2D eigenvalue weighted by molar-refractivity contribution is -0.173. The maximum Gasteiger partial charge on any atom is 0.471 e. The number of rotatable bonds is 3. The van der Waals surface area contributed by atoms with Gasteiger partial charge in [0.15, 0.2) is 0 Å². The third-order valence-corrected chi connectivity index (χ3v) is 1.49. The molecule has 0 unspecified atom stereocenters. The Hall–Kier alpha value is -1.46. The summed E-state index contributed by atoms with van der Waals surface area (Å²) in [5.41, 5.74) is 0. The normalized spacial score (nSPS) is 11.4. The molecule has 14 heavy (non-hydrogen) atoms. The van der Waals surface area contributed by atoms with Gasteiger partial charge < -0.3 is 9.73 Å². The number of amides is 1. The number of hydrogen-bond donors (Lipinski definition) is 1. The Labute approximate surface area is 77.9 Å². The van der Waals surface area contributed by atoms with E-state index in [0.717, 1.165) is 0 Å². The molecule has 1 N–H and O–H groups in total. The fourth-order valence-corrected chi connectivity index (χ4v) is 0.854. The molecule has 0 spiro atoms. The van der Waals surface area contributed by atoms with Crippen LogP contribution in [0.2, 0.25) is 0 Å². The summed E-state index contributed by atoms with van der Waals surface area (Å²) >= 11 is 0. The van der Waals surface area contributed by atoms with E-state index in [4.69, 9.17) is 4.42 Å². The monoisotopic (exact) mass is 207 g/mol. The molecule has 0 aliphatic carbocycles. The van der Waals surface area contributed by atoms with E-state index in [1.165, 1.54) is 6.26 Å². The van der Waals surface area contributed by atoms with Crippen LogP contribution in [0.15, 0.2) is 22.8 Å². The van der Waals surface area contributed by atoms with Crippen LogP contribution in [0.5, 0.6) is 0 Å². The van der Waals surface area contributed by atoms with Crippen LogP contribution in [0.4, 0.5) is 13.2 Å². The average molecular weight is 207 g/mol. The van der Waals surface area contributed by atoms with Crippen molar-refractivity contribution in [1.29, 1.82) is 0 Å². The third-order valence-electron chi connectivity index (χ3n) is 1.49. The minimum absolute atomic E-state index is 0.0914. The van der Waals surface area contributed by atoms with Gasteiger partial charge in [0.05, 0.1) is 6.26 Å². The van der Waals surface area contributed by atoms with Gasteiger partial charge in [-0.2, -0.15) is 13.2 Å². The fourth-order valence-electron chi connectivity index (χ4n) is 0.854. The van der Waals surface area contributed by atoms with Crippen molar-refractivity contribution < 1.29 is 22.4 Å². The summed E-state index contributed by atoms with van der Waals surface area (Å²) in [5, 5.41) is 1.74. The van der Waals surface area contributed by atoms with Crippen LogP contribution >= 0.6 is 0 Å². The van der Waals surface area contributed by atoms with Gasteiger partial charge in [-0.05, 0) is 12.1 Å². The summed E-state index contributed by atoms with van der Waals surface area (Å²) in [7, 11) is 0.